The number of ether oxygens (including phenoxy) is 1. The summed E-state index contributed by atoms with van der Waals surface area (Å²) in [5, 5.41) is 7.37. The van der Waals surface area contributed by atoms with Gasteiger partial charge in [-0.3, -0.25) is 9.59 Å². The van der Waals surface area contributed by atoms with Crippen molar-refractivity contribution in [3.05, 3.63) is 108 Å². The molecular weight excluding hydrogens is 468 g/mol. The minimum atomic E-state index is -1.04. The number of amides is 2. The van der Waals surface area contributed by atoms with Gasteiger partial charge in [0.15, 0.2) is 6.10 Å². The number of anilines is 1. The number of hydrogen-bond acceptors (Lipinski definition) is 5. The molecule has 8 heteroatoms. The molecule has 37 heavy (non-hydrogen) atoms. The zero-order valence-electron chi connectivity index (χ0n) is 20.4. The highest BCUT2D eigenvalue weighted by Crippen LogP contribution is 2.25. The zero-order chi connectivity index (χ0) is 26.4. The second kappa shape index (κ2) is 11.2. The van der Waals surface area contributed by atoms with E-state index in [1.807, 2.05) is 67.7 Å². The van der Waals surface area contributed by atoms with Crippen molar-refractivity contribution in [2.75, 3.05) is 5.32 Å². The van der Waals surface area contributed by atoms with Crippen LogP contribution in [0, 0.1) is 6.92 Å². The predicted molar refractivity (Wildman–Crippen MR) is 142 cm³/mol. The van der Waals surface area contributed by atoms with E-state index in [0.717, 1.165) is 22.4 Å². The topological polar surface area (TPSA) is 116 Å². The molecule has 0 aliphatic carbocycles. The van der Waals surface area contributed by atoms with Gasteiger partial charge in [0, 0.05) is 34.7 Å². The van der Waals surface area contributed by atoms with E-state index >= 15 is 0 Å². The van der Waals surface area contributed by atoms with Crippen LogP contribution in [0.4, 0.5) is 5.69 Å². The maximum absolute atomic E-state index is 12.5. The number of hydrogen-bond donors (Lipinski definition) is 2. The summed E-state index contributed by atoms with van der Waals surface area (Å²) < 4.78 is 7.03. The standard InChI is InChI=1S/C29H26N4O4/c1-19-8-10-21(11-9-19)27-23(18-33(32-27)25-6-4-3-5-7-25)14-17-26(34)37-20(2)29(36)31-24-15-12-22(13-16-24)28(30)35/h3-18,20H,1-2H3,(H2,30,35)(H,31,36)/b17-14+. The quantitative estimate of drug-likeness (QED) is 0.276. The van der Waals surface area contributed by atoms with E-state index in [1.54, 1.807) is 22.9 Å². The van der Waals surface area contributed by atoms with Crippen LogP contribution in [-0.2, 0) is 14.3 Å². The monoisotopic (exact) mass is 494 g/mol. The van der Waals surface area contributed by atoms with Crippen molar-refractivity contribution in [1.82, 2.24) is 9.78 Å². The van der Waals surface area contributed by atoms with Crippen LogP contribution in [0.1, 0.15) is 28.4 Å². The SMILES string of the molecule is Cc1ccc(-c2nn(-c3ccccc3)cc2/C=C/C(=O)OC(C)C(=O)Nc2ccc(C(N)=O)cc2)cc1. The Kier molecular flexibility index (Phi) is 7.59. The van der Waals surface area contributed by atoms with Crippen LogP contribution >= 0.6 is 0 Å². The number of carbonyl (C=O) groups excluding carboxylic acids is 3. The van der Waals surface area contributed by atoms with Gasteiger partial charge in [0.05, 0.1) is 11.4 Å². The first-order valence-electron chi connectivity index (χ1n) is 11.6. The zero-order valence-corrected chi connectivity index (χ0v) is 20.4. The van der Waals surface area contributed by atoms with Gasteiger partial charge in [-0.05, 0) is 56.3 Å². The molecule has 0 bridgehead atoms. The van der Waals surface area contributed by atoms with Crippen molar-refractivity contribution in [2.45, 2.75) is 20.0 Å². The minimum Gasteiger partial charge on any atom is -0.449 e. The van der Waals surface area contributed by atoms with Crippen LogP contribution < -0.4 is 11.1 Å². The molecule has 8 nitrogen and oxygen atoms in total. The predicted octanol–water partition coefficient (Wildman–Crippen LogP) is 4.53. The lowest BCUT2D eigenvalue weighted by molar-refractivity contribution is -0.148. The number of aryl methyl sites for hydroxylation is 1. The summed E-state index contributed by atoms with van der Waals surface area (Å²) in [6.07, 6.45) is 3.68. The summed E-state index contributed by atoms with van der Waals surface area (Å²) in [7, 11) is 0. The summed E-state index contributed by atoms with van der Waals surface area (Å²) in [4.78, 5) is 36.1. The Bertz CT molecular complexity index is 1440. The van der Waals surface area contributed by atoms with Gasteiger partial charge in [-0.1, -0.05) is 48.0 Å². The molecule has 0 fully saturated rings. The van der Waals surface area contributed by atoms with Crippen molar-refractivity contribution in [2.24, 2.45) is 5.73 Å². The summed E-state index contributed by atoms with van der Waals surface area (Å²) in [5.74, 6) is -1.74. The van der Waals surface area contributed by atoms with E-state index in [-0.39, 0.29) is 0 Å². The molecule has 1 atom stereocenters. The second-order valence-electron chi connectivity index (χ2n) is 8.42. The fourth-order valence-corrected chi connectivity index (χ4v) is 3.54. The Hall–Kier alpha value is -4.98. The van der Waals surface area contributed by atoms with Gasteiger partial charge >= 0.3 is 5.97 Å². The fraction of sp³-hybridized carbons (Fsp3) is 0.103. The van der Waals surface area contributed by atoms with E-state index in [2.05, 4.69) is 5.32 Å². The van der Waals surface area contributed by atoms with Crippen LogP contribution in [0.5, 0.6) is 0 Å². The third-order valence-electron chi connectivity index (χ3n) is 5.59. The molecule has 0 aliphatic heterocycles. The number of esters is 1. The van der Waals surface area contributed by atoms with Gasteiger partial charge in [0.1, 0.15) is 0 Å². The van der Waals surface area contributed by atoms with Crippen molar-refractivity contribution in [3.63, 3.8) is 0 Å². The normalized spacial score (nSPS) is 11.7. The van der Waals surface area contributed by atoms with Crippen molar-refractivity contribution in [1.29, 1.82) is 0 Å². The average molecular weight is 495 g/mol. The molecular formula is C29H26N4O4. The Morgan fingerprint density at radius 2 is 1.65 bits per heavy atom. The van der Waals surface area contributed by atoms with Gasteiger partial charge in [0.25, 0.3) is 5.91 Å². The molecule has 0 radical (unpaired) electrons. The van der Waals surface area contributed by atoms with Crippen LogP contribution in [0.3, 0.4) is 0 Å². The smallest absolute Gasteiger partial charge is 0.331 e. The summed E-state index contributed by atoms with van der Waals surface area (Å²) >= 11 is 0. The molecule has 186 valence electrons. The highest BCUT2D eigenvalue weighted by atomic mass is 16.5. The summed E-state index contributed by atoms with van der Waals surface area (Å²) in [6, 6.07) is 23.7. The Balaban J connectivity index is 1.47. The van der Waals surface area contributed by atoms with Crippen molar-refractivity contribution >= 4 is 29.5 Å². The van der Waals surface area contributed by atoms with E-state index in [9.17, 15) is 14.4 Å². The lowest BCUT2D eigenvalue weighted by atomic mass is 10.1. The van der Waals surface area contributed by atoms with E-state index in [0.29, 0.717) is 16.9 Å². The first kappa shape index (κ1) is 25.1. The number of nitrogens with one attached hydrogen (secondary N) is 1. The van der Waals surface area contributed by atoms with E-state index in [1.165, 1.54) is 25.1 Å². The number of benzene rings is 3. The first-order chi connectivity index (χ1) is 17.8. The Labute approximate surface area is 214 Å². The number of nitrogens with two attached hydrogens (primary N) is 1. The Morgan fingerprint density at radius 3 is 2.30 bits per heavy atom. The molecule has 4 rings (SSSR count). The largest absolute Gasteiger partial charge is 0.449 e. The van der Waals surface area contributed by atoms with E-state index < -0.39 is 23.9 Å². The van der Waals surface area contributed by atoms with Crippen LogP contribution in [-0.4, -0.2) is 33.7 Å². The van der Waals surface area contributed by atoms with Gasteiger partial charge in [-0.15, -0.1) is 0 Å². The molecule has 4 aromatic rings. The highest BCUT2D eigenvalue weighted by Gasteiger charge is 2.17. The first-order valence-corrected chi connectivity index (χ1v) is 11.6. The lowest BCUT2D eigenvalue weighted by Gasteiger charge is -2.12. The third-order valence-corrected chi connectivity index (χ3v) is 5.59. The third kappa shape index (κ3) is 6.37. The minimum absolute atomic E-state index is 0.322. The van der Waals surface area contributed by atoms with Gasteiger partial charge in [0.2, 0.25) is 5.91 Å². The number of rotatable bonds is 8. The molecule has 0 saturated carbocycles. The number of aromatic nitrogens is 2. The van der Waals surface area contributed by atoms with Crippen LogP contribution in [0.15, 0.2) is 91.1 Å². The number of primary amides is 1. The molecule has 2 amide bonds. The number of para-hydroxylation sites is 1. The maximum Gasteiger partial charge on any atom is 0.331 e. The van der Waals surface area contributed by atoms with Crippen molar-refractivity contribution < 1.29 is 19.1 Å². The number of carbonyl (C=O) groups is 3. The van der Waals surface area contributed by atoms with E-state index in [4.69, 9.17) is 15.6 Å². The van der Waals surface area contributed by atoms with Gasteiger partial charge in [-0.25, -0.2) is 9.48 Å². The lowest BCUT2D eigenvalue weighted by Crippen LogP contribution is -2.29. The molecule has 1 heterocycles. The number of nitrogens with zero attached hydrogens (tertiary/aromatic N) is 2. The molecule has 3 aromatic carbocycles. The molecule has 0 saturated heterocycles. The average Bonchev–Trinajstić information content (AvgIpc) is 3.33. The molecule has 3 N–H and O–H groups in total. The molecule has 0 aliphatic rings. The maximum atomic E-state index is 12.5. The van der Waals surface area contributed by atoms with Gasteiger partial charge < -0.3 is 15.8 Å². The highest BCUT2D eigenvalue weighted by molar-refractivity contribution is 5.98. The summed E-state index contributed by atoms with van der Waals surface area (Å²) in [5.41, 5.74) is 10.3. The van der Waals surface area contributed by atoms with Gasteiger partial charge in [-0.2, -0.15) is 5.10 Å². The summed E-state index contributed by atoms with van der Waals surface area (Å²) in [6.45, 7) is 3.49. The van der Waals surface area contributed by atoms with Crippen LogP contribution in [0.2, 0.25) is 0 Å². The van der Waals surface area contributed by atoms with Crippen LogP contribution in [0.25, 0.3) is 23.0 Å². The Morgan fingerprint density at radius 1 is 0.973 bits per heavy atom. The molecule has 0 spiro atoms. The molecule has 1 aromatic heterocycles. The fourth-order valence-electron chi connectivity index (χ4n) is 3.54. The second-order valence-corrected chi connectivity index (χ2v) is 8.42. The molecule has 1 unspecified atom stereocenters. The van der Waals surface area contributed by atoms with Crippen molar-refractivity contribution in [3.8, 4) is 16.9 Å².